The molecule has 0 unspecified atom stereocenters. The van der Waals surface area contributed by atoms with Crippen LogP contribution in [-0.4, -0.2) is 26.0 Å². The molecule has 0 saturated carbocycles. The lowest BCUT2D eigenvalue weighted by Gasteiger charge is -2.07. The Labute approximate surface area is 89.9 Å². The maximum Gasteiger partial charge on any atom is 0.125 e. The van der Waals surface area contributed by atoms with Crippen LogP contribution in [0.15, 0.2) is 24.3 Å². The van der Waals surface area contributed by atoms with Gasteiger partial charge in [-0.25, -0.2) is 0 Å². The molecule has 0 heterocycles. The molecule has 0 fully saturated rings. The predicted molar refractivity (Wildman–Crippen MR) is 61.5 cm³/mol. The minimum absolute atomic E-state index is 0.422. The number of methoxy groups -OCH3 is 1. The second kappa shape index (κ2) is 6.03. The zero-order valence-corrected chi connectivity index (χ0v) is 8.92. The van der Waals surface area contributed by atoms with E-state index in [9.17, 15) is 0 Å². The molecule has 1 aromatic carbocycles. The summed E-state index contributed by atoms with van der Waals surface area (Å²) >= 11 is 0. The Kier molecular flexibility index (Phi) is 4.63. The Morgan fingerprint density at radius 3 is 2.60 bits per heavy atom. The minimum atomic E-state index is 0.422. The van der Waals surface area contributed by atoms with Crippen LogP contribution >= 0.6 is 0 Å². The van der Waals surface area contributed by atoms with Crippen LogP contribution in [0, 0.1) is 5.41 Å². The molecule has 0 radical (unpaired) electrons. The highest BCUT2D eigenvalue weighted by molar-refractivity contribution is 5.96. The maximum atomic E-state index is 7.74. The number of hydrogen-bond donors (Lipinski definition) is 3. The highest BCUT2D eigenvalue weighted by Gasteiger charge is 1.99. The van der Waals surface area contributed by atoms with Gasteiger partial charge in [0, 0.05) is 12.1 Å². The summed E-state index contributed by atoms with van der Waals surface area (Å²) in [4.78, 5) is 0. The van der Waals surface area contributed by atoms with Crippen LogP contribution in [0.3, 0.4) is 0 Å². The standard InChI is InChI=1S/C11H17N3O/c1-15-10-5-3-9(4-6-10)11(13)14-8-2-7-12/h3-6H,2,7-8,12H2,1H3,(H2,13,14). The minimum Gasteiger partial charge on any atom is -0.497 e. The summed E-state index contributed by atoms with van der Waals surface area (Å²) in [5.74, 6) is 1.22. The molecule has 0 bridgehead atoms. The van der Waals surface area contributed by atoms with E-state index in [4.69, 9.17) is 15.9 Å². The summed E-state index contributed by atoms with van der Waals surface area (Å²) in [6.45, 7) is 1.38. The first-order valence-electron chi connectivity index (χ1n) is 4.95. The third-order valence-electron chi connectivity index (χ3n) is 2.06. The van der Waals surface area contributed by atoms with E-state index in [1.165, 1.54) is 0 Å². The van der Waals surface area contributed by atoms with Crippen molar-refractivity contribution in [3.05, 3.63) is 29.8 Å². The van der Waals surface area contributed by atoms with Crippen LogP contribution in [0.4, 0.5) is 0 Å². The molecule has 0 spiro atoms. The lowest BCUT2D eigenvalue weighted by atomic mass is 10.2. The Hall–Kier alpha value is -1.55. The van der Waals surface area contributed by atoms with E-state index >= 15 is 0 Å². The molecule has 4 N–H and O–H groups in total. The number of ether oxygens (including phenoxy) is 1. The molecule has 0 saturated heterocycles. The summed E-state index contributed by atoms with van der Waals surface area (Å²) in [5.41, 5.74) is 6.22. The molecule has 4 nitrogen and oxygen atoms in total. The fraction of sp³-hybridized carbons (Fsp3) is 0.364. The van der Waals surface area contributed by atoms with Gasteiger partial charge >= 0.3 is 0 Å². The second-order valence-electron chi connectivity index (χ2n) is 3.17. The van der Waals surface area contributed by atoms with E-state index in [2.05, 4.69) is 5.32 Å². The Morgan fingerprint density at radius 2 is 2.07 bits per heavy atom. The summed E-state index contributed by atoms with van der Waals surface area (Å²) in [7, 11) is 1.62. The average molecular weight is 207 g/mol. The predicted octanol–water partition coefficient (Wildman–Crippen LogP) is 0.959. The van der Waals surface area contributed by atoms with Crippen LogP contribution in [0.1, 0.15) is 12.0 Å². The number of amidine groups is 1. The molecule has 1 aromatic rings. The molecule has 4 heteroatoms. The number of nitrogens with two attached hydrogens (primary N) is 1. The van der Waals surface area contributed by atoms with Gasteiger partial charge in [0.05, 0.1) is 7.11 Å². The van der Waals surface area contributed by atoms with E-state index in [1.54, 1.807) is 7.11 Å². The summed E-state index contributed by atoms with van der Waals surface area (Å²) in [6.07, 6.45) is 0.874. The van der Waals surface area contributed by atoms with Crippen LogP contribution in [-0.2, 0) is 0 Å². The summed E-state index contributed by atoms with van der Waals surface area (Å²) in [6, 6.07) is 7.40. The number of nitrogens with one attached hydrogen (secondary N) is 2. The molecule has 0 amide bonds. The van der Waals surface area contributed by atoms with Crippen LogP contribution in [0.25, 0.3) is 0 Å². The van der Waals surface area contributed by atoms with Crippen LogP contribution in [0.2, 0.25) is 0 Å². The number of benzene rings is 1. The molecule has 0 aliphatic rings. The van der Waals surface area contributed by atoms with Crippen molar-refractivity contribution in [2.24, 2.45) is 5.73 Å². The zero-order chi connectivity index (χ0) is 11.1. The SMILES string of the molecule is COc1ccc(C(=N)NCCCN)cc1. The number of hydrogen-bond acceptors (Lipinski definition) is 3. The van der Waals surface area contributed by atoms with Gasteiger partial charge in [-0.2, -0.15) is 0 Å². The lowest BCUT2D eigenvalue weighted by molar-refractivity contribution is 0.415. The van der Waals surface area contributed by atoms with Gasteiger partial charge in [0.2, 0.25) is 0 Å². The van der Waals surface area contributed by atoms with Crippen molar-refractivity contribution in [2.45, 2.75) is 6.42 Å². The monoisotopic (exact) mass is 207 g/mol. The van der Waals surface area contributed by atoms with E-state index < -0.39 is 0 Å². The van der Waals surface area contributed by atoms with Gasteiger partial charge in [-0.3, -0.25) is 5.41 Å². The third-order valence-corrected chi connectivity index (χ3v) is 2.06. The third kappa shape index (κ3) is 3.59. The summed E-state index contributed by atoms with van der Waals surface area (Å²) in [5, 5.41) is 10.7. The first kappa shape index (κ1) is 11.5. The van der Waals surface area contributed by atoms with Crippen LogP contribution in [0.5, 0.6) is 5.75 Å². The van der Waals surface area contributed by atoms with Gasteiger partial charge in [-0.1, -0.05) is 0 Å². The molecule has 15 heavy (non-hydrogen) atoms. The first-order valence-corrected chi connectivity index (χ1v) is 4.95. The first-order chi connectivity index (χ1) is 7.27. The summed E-state index contributed by atoms with van der Waals surface area (Å²) < 4.78 is 5.04. The van der Waals surface area contributed by atoms with Crippen molar-refractivity contribution in [2.75, 3.05) is 20.2 Å². The largest absolute Gasteiger partial charge is 0.497 e. The van der Waals surface area contributed by atoms with Crippen molar-refractivity contribution < 1.29 is 4.74 Å². The Morgan fingerprint density at radius 1 is 1.40 bits per heavy atom. The topological polar surface area (TPSA) is 71.1 Å². The van der Waals surface area contributed by atoms with E-state index in [1.807, 2.05) is 24.3 Å². The fourth-order valence-corrected chi connectivity index (χ4v) is 1.18. The van der Waals surface area contributed by atoms with Crippen molar-refractivity contribution in [3.63, 3.8) is 0 Å². The van der Waals surface area contributed by atoms with E-state index in [-0.39, 0.29) is 0 Å². The molecule has 0 aromatic heterocycles. The molecule has 82 valence electrons. The highest BCUT2D eigenvalue weighted by Crippen LogP contribution is 2.10. The normalized spacial score (nSPS) is 9.73. The maximum absolute atomic E-state index is 7.74. The molecule has 1 rings (SSSR count). The van der Waals surface area contributed by atoms with Crippen molar-refractivity contribution in [1.29, 1.82) is 5.41 Å². The lowest BCUT2D eigenvalue weighted by Crippen LogP contribution is -2.25. The van der Waals surface area contributed by atoms with Gasteiger partial charge in [-0.05, 0) is 37.2 Å². The number of rotatable bonds is 5. The van der Waals surface area contributed by atoms with Crippen molar-refractivity contribution in [1.82, 2.24) is 5.32 Å². The molecular formula is C11H17N3O. The van der Waals surface area contributed by atoms with Gasteiger partial charge in [0.15, 0.2) is 0 Å². The van der Waals surface area contributed by atoms with Crippen LogP contribution < -0.4 is 15.8 Å². The Bertz CT molecular complexity index is 308. The van der Waals surface area contributed by atoms with E-state index in [0.717, 1.165) is 24.3 Å². The van der Waals surface area contributed by atoms with Gasteiger partial charge < -0.3 is 15.8 Å². The smallest absolute Gasteiger partial charge is 0.125 e. The Balaban J connectivity index is 2.50. The van der Waals surface area contributed by atoms with Gasteiger partial charge in [0.25, 0.3) is 0 Å². The molecule has 0 atom stereocenters. The van der Waals surface area contributed by atoms with Gasteiger partial charge in [0.1, 0.15) is 11.6 Å². The fourth-order valence-electron chi connectivity index (χ4n) is 1.18. The molecule has 0 aliphatic carbocycles. The average Bonchev–Trinajstić information content (AvgIpc) is 2.29. The zero-order valence-electron chi connectivity index (χ0n) is 8.92. The molecule has 0 aliphatic heterocycles. The van der Waals surface area contributed by atoms with Crippen molar-refractivity contribution >= 4 is 5.84 Å². The van der Waals surface area contributed by atoms with Gasteiger partial charge in [-0.15, -0.1) is 0 Å². The van der Waals surface area contributed by atoms with E-state index in [0.29, 0.717) is 12.4 Å². The quantitative estimate of drug-likeness (QED) is 0.382. The second-order valence-corrected chi connectivity index (χ2v) is 3.17. The van der Waals surface area contributed by atoms with Crippen molar-refractivity contribution in [3.8, 4) is 5.75 Å². The highest BCUT2D eigenvalue weighted by atomic mass is 16.5. The molecular weight excluding hydrogens is 190 g/mol.